The Labute approximate surface area is 163 Å². The number of nitrogens with one attached hydrogen (secondary N) is 2. The van der Waals surface area contributed by atoms with Crippen molar-refractivity contribution in [1.82, 2.24) is 19.8 Å². The zero-order chi connectivity index (χ0) is 19.9. The van der Waals surface area contributed by atoms with E-state index in [1.807, 2.05) is 6.92 Å². The molecule has 1 aromatic carbocycles. The van der Waals surface area contributed by atoms with Gasteiger partial charge in [-0.05, 0) is 44.1 Å². The van der Waals surface area contributed by atoms with Gasteiger partial charge in [0.1, 0.15) is 0 Å². The predicted octanol–water partition coefficient (Wildman–Crippen LogP) is 1.05. The summed E-state index contributed by atoms with van der Waals surface area (Å²) >= 11 is 0. The molecule has 1 aromatic rings. The van der Waals surface area contributed by atoms with Crippen molar-refractivity contribution in [3.63, 3.8) is 0 Å². The summed E-state index contributed by atoms with van der Waals surface area (Å²) < 4.78 is 26.7. The van der Waals surface area contributed by atoms with Gasteiger partial charge in [-0.3, -0.25) is 4.79 Å². The van der Waals surface area contributed by atoms with Gasteiger partial charge >= 0.3 is 0 Å². The van der Waals surface area contributed by atoms with Gasteiger partial charge in [-0.15, -0.1) is 0 Å². The van der Waals surface area contributed by atoms with Crippen LogP contribution in [0.5, 0.6) is 0 Å². The smallest absolute Gasteiger partial charge is 0.251 e. The van der Waals surface area contributed by atoms with E-state index in [4.69, 9.17) is 0 Å². The van der Waals surface area contributed by atoms with Gasteiger partial charge in [0.15, 0.2) is 0 Å². The zero-order valence-corrected chi connectivity index (χ0v) is 17.4. The molecule has 1 fully saturated rings. The van der Waals surface area contributed by atoms with Crippen LogP contribution in [-0.4, -0.2) is 76.5 Å². The fraction of sp³-hybridized carbons (Fsp3) is 0.632. The predicted molar refractivity (Wildman–Crippen MR) is 108 cm³/mol. The molecule has 0 aromatic heterocycles. The molecule has 0 aliphatic carbocycles. The molecule has 1 amide bonds. The molecular weight excluding hydrogens is 364 g/mol. The average molecular weight is 397 g/mol. The second kappa shape index (κ2) is 10.2. The molecule has 2 N–H and O–H groups in total. The molecule has 1 aliphatic rings. The number of carbonyl (C=O) groups is 1. The van der Waals surface area contributed by atoms with E-state index < -0.39 is 10.0 Å². The van der Waals surface area contributed by atoms with E-state index in [9.17, 15) is 13.2 Å². The van der Waals surface area contributed by atoms with Crippen molar-refractivity contribution in [3.05, 3.63) is 29.3 Å². The third-order valence-corrected chi connectivity index (χ3v) is 6.49. The number of amides is 1. The Morgan fingerprint density at radius 1 is 1.11 bits per heavy atom. The van der Waals surface area contributed by atoms with Crippen molar-refractivity contribution in [2.75, 3.05) is 52.4 Å². The van der Waals surface area contributed by atoms with E-state index in [2.05, 4.69) is 26.8 Å². The van der Waals surface area contributed by atoms with Crippen LogP contribution in [0.1, 0.15) is 36.2 Å². The highest BCUT2D eigenvalue weighted by Gasteiger charge is 2.18. The number of benzene rings is 1. The summed E-state index contributed by atoms with van der Waals surface area (Å²) in [6.07, 6.45) is 0.881. The number of piperazine rings is 1. The van der Waals surface area contributed by atoms with Gasteiger partial charge in [-0.2, -0.15) is 0 Å². The van der Waals surface area contributed by atoms with Crippen LogP contribution in [0.25, 0.3) is 0 Å². The standard InChI is InChI=1S/C19H32N4O3S/c1-4-21-27(25,26)17-8-7-16(3)18(15-17)19(24)20-9-6-10-23-13-11-22(5-2)12-14-23/h7-8,15,21H,4-6,9-14H2,1-3H3,(H,20,24). The van der Waals surface area contributed by atoms with Crippen LogP contribution in [0, 0.1) is 6.92 Å². The van der Waals surface area contributed by atoms with Gasteiger partial charge in [0.2, 0.25) is 10.0 Å². The lowest BCUT2D eigenvalue weighted by Gasteiger charge is -2.33. The van der Waals surface area contributed by atoms with E-state index in [1.165, 1.54) is 12.1 Å². The molecule has 27 heavy (non-hydrogen) atoms. The molecule has 0 bridgehead atoms. The summed E-state index contributed by atoms with van der Waals surface area (Å²) in [7, 11) is -3.57. The summed E-state index contributed by atoms with van der Waals surface area (Å²) in [5.74, 6) is -0.225. The SMILES string of the molecule is CCNS(=O)(=O)c1ccc(C)c(C(=O)NCCCN2CCN(CC)CC2)c1. The summed E-state index contributed by atoms with van der Waals surface area (Å²) in [6.45, 7) is 13.0. The highest BCUT2D eigenvalue weighted by Crippen LogP contribution is 2.15. The molecule has 2 rings (SSSR count). The molecule has 0 spiro atoms. The van der Waals surface area contributed by atoms with Crippen molar-refractivity contribution in [3.8, 4) is 0 Å². The van der Waals surface area contributed by atoms with Crippen molar-refractivity contribution >= 4 is 15.9 Å². The van der Waals surface area contributed by atoms with Gasteiger partial charge in [0, 0.05) is 44.8 Å². The van der Waals surface area contributed by atoms with E-state index in [0.717, 1.165) is 51.3 Å². The summed E-state index contributed by atoms with van der Waals surface area (Å²) in [5.41, 5.74) is 1.17. The molecular formula is C19H32N4O3S. The molecule has 1 saturated heterocycles. The monoisotopic (exact) mass is 396 g/mol. The summed E-state index contributed by atoms with van der Waals surface area (Å²) in [4.78, 5) is 17.5. The van der Waals surface area contributed by atoms with Crippen LogP contribution in [0.2, 0.25) is 0 Å². The Kier molecular flexibility index (Phi) is 8.22. The van der Waals surface area contributed by atoms with E-state index in [-0.39, 0.29) is 10.8 Å². The van der Waals surface area contributed by atoms with E-state index >= 15 is 0 Å². The zero-order valence-electron chi connectivity index (χ0n) is 16.6. The lowest BCUT2D eigenvalue weighted by atomic mass is 10.1. The summed E-state index contributed by atoms with van der Waals surface area (Å²) in [6, 6.07) is 4.65. The lowest BCUT2D eigenvalue weighted by molar-refractivity contribution is 0.0947. The molecule has 7 nitrogen and oxygen atoms in total. The maximum absolute atomic E-state index is 12.5. The lowest BCUT2D eigenvalue weighted by Crippen LogP contribution is -2.46. The highest BCUT2D eigenvalue weighted by molar-refractivity contribution is 7.89. The van der Waals surface area contributed by atoms with Gasteiger partial charge < -0.3 is 15.1 Å². The first-order valence-electron chi connectivity index (χ1n) is 9.70. The quantitative estimate of drug-likeness (QED) is 0.610. The Balaban J connectivity index is 1.85. The van der Waals surface area contributed by atoms with Crippen molar-refractivity contribution in [1.29, 1.82) is 0 Å². The third-order valence-electron chi connectivity index (χ3n) is 4.95. The fourth-order valence-corrected chi connectivity index (χ4v) is 4.28. The third kappa shape index (κ3) is 6.27. The average Bonchev–Trinajstić information content (AvgIpc) is 2.65. The fourth-order valence-electron chi connectivity index (χ4n) is 3.22. The maximum atomic E-state index is 12.5. The van der Waals surface area contributed by atoms with Crippen molar-refractivity contribution < 1.29 is 13.2 Å². The Morgan fingerprint density at radius 2 is 1.78 bits per heavy atom. The van der Waals surface area contributed by atoms with Crippen molar-refractivity contribution in [2.24, 2.45) is 0 Å². The largest absolute Gasteiger partial charge is 0.352 e. The number of likely N-dealkylation sites (N-methyl/N-ethyl adjacent to an activating group) is 1. The first kappa shape index (κ1) is 21.8. The molecule has 152 valence electrons. The molecule has 0 atom stereocenters. The molecule has 0 radical (unpaired) electrons. The number of aryl methyl sites for hydroxylation is 1. The highest BCUT2D eigenvalue weighted by atomic mass is 32.2. The minimum absolute atomic E-state index is 0.119. The van der Waals surface area contributed by atoms with Gasteiger partial charge in [0.05, 0.1) is 4.90 Å². The van der Waals surface area contributed by atoms with Crippen LogP contribution >= 0.6 is 0 Å². The van der Waals surface area contributed by atoms with Crippen LogP contribution in [-0.2, 0) is 10.0 Å². The molecule has 1 heterocycles. The number of nitrogens with zero attached hydrogens (tertiary/aromatic N) is 2. The van der Waals surface area contributed by atoms with Gasteiger partial charge in [-0.1, -0.05) is 19.9 Å². The molecule has 0 unspecified atom stereocenters. The Bertz CT molecular complexity index is 728. The van der Waals surface area contributed by atoms with E-state index in [0.29, 0.717) is 18.7 Å². The molecule has 8 heteroatoms. The van der Waals surface area contributed by atoms with Crippen LogP contribution in [0.3, 0.4) is 0 Å². The number of hydrogen-bond donors (Lipinski definition) is 2. The topological polar surface area (TPSA) is 81.7 Å². The first-order valence-corrected chi connectivity index (χ1v) is 11.2. The van der Waals surface area contributed by atoms with Crippen molar-refractivity contribution in [2.45, 2.75) is 32.1 Å². The number of rotatable bonds is 9. The number of carbonyl (C=O) groups excluding carboxylic acids is 1. The van der Waals surface area contributed by atoms with Crippen LogP contribution in [0.4, 0.5) is 0 Å². The molecule has 1 aliphatic heterocycles. The second-order valence-electron chi connectivity index (χ2n) is 6.86. The van der Waals surface area contributed by atoms with Gasteiger partial charge in [0.25, 0.3) is 5.91 Å². The van der Waals surface area contributed by atoms with E-state index in [1.54, 1.807) is 13.0 Å². The Hall–Kier alpha value is -1.48. The normalized spacial score (nSPS) is 16.4. The molecule has 0 saturated carbocycles. The summed E-state index contributed by atoms with van der Waals surface area (Å²) in [5, 5.41) is 2.92. The minimum atomic E-state index is -3.57. The Morgan fingerprint density at radius 3 is 2.41 bits per heavy atom. The maximum Gasteiger partial charge on any atom is 0.251 e. The second-order valence-corrected chi connectivity index (χ2v) is 8.63. The first-order chi connectivity index (χ1) is 12.9. The van der Waals surface area contributed by atoms with Gasteiger partial charge in [-0.25, -0.2) is 13.1 Å². The van der Waals surface area contributed by atoms with Crippen LogP contribution in [0.15, 0.2) is 23.1 Å². The number of sulfonamides is 1. The number of hydrogen-bond acceptors (Lipinski definition) is 5. The minimum Gasteiger partial charge on any atom is -0.352 e. The van der Waals surface area contributed by atoms with Crippen LogP contribution < -0.4 is 10.0 Å².